The lowest BCUT2D eigenvalue weighted by Gasteiger charge is -2.06. The summed E-state index contributed by atoms with van der Waals surface area (Å²) in [6, 6.07) is 12.0. The van der Waals surface area contributed by atoms with Gasteiger partial charge in [0.1, 0.15) is 11.5 Å². The number of amides is 1. The van der Waals surface area contributed by atoms with Gasteiger partial charge in [-0.15, -0.1) is 0 Å². The van der Waals surface area contributed by atoms with Crippen LogP contribution in [0.1, 0.15) is 16.2 Å². The first kappa shape index (κ1) is 15.1. The van der Waals surface area contributed by atoms with Crippen LogP contribution >= 0.6 is 11.6 Å². The van der Waals surface area contributed by atoms with E-state index in [0.29, 0.717) is 33.7 Å². The number of pyridine rings is 1. The predicted octanol–water partition coefficient (Wildman–Crippen LogP) is 4.03. The summed E-state index contributed by atoms with van der Waals surface area (Å²) in [6.45, 7) is 1.81. The van der Waals surface area contributed by atoms with Crippen molar-refractivity contribution in [3.63, 3.8) is 0 Å². The van der Waals surface area contributed by atoms with E-state index < -0.39 is 0 Å². The zero-order valence-electron chi connectivity index (χ0n) is 12.2. The lowest BCUT2D eigenvalue weighted by Crippen LogP contribution is -2.13. The molecule has 0 saturated heterocycles. The molecule has 1 aromatic carbocycles. The number of carbonyl (C=O) groups is 1. The van der Waals surface area contributed by atoms with E-state index in [0.717, 1.165) is 0 Å². The lowest BCUT2D eigenvalue weighted by molar-refractivity contribution is 0.102. The molecule has 0 aliphatic heterocycles. The highest BCUT2D eigenvalue weighted by Gasteiger charge is 2.08. The third-order valence-corrected chi connectivity index (χ3v) is 3.21. The number of anilines is 3. The molecule has 0 saturated carbocycles. The average molecular weight is 329 g/mol. The second kappa shape index (κ2) is 6.50. The van der Waals surface area contributed by atoms with Gasteiger partial charge in [0, 0.05) is 16.8 Å². The molecule has 2 N–H and O–H groups in total. The molecule has 0 fully saturated rings. The van der Waals surface area contributed by atoms with Crippen molar-refractivity contribution in [1.29, 1.82) is 0 Å². The SMILES string of the molecule is Cc1cc(Nc2ccc(C(=O)Nc3cccc(Cl)c3)nc2)no1. The van der Waals surface area contributed by atoms with Crippen molar-refractivity contribution in [1.82, 2.24) is 10.1 Å². The second-order valence-electron chi connectivity index (χ2n) is 4.84. The molecule has 3 aromatic rings. The second-order valence-corrected chi connectivity index (χ2v) is 5.28. The monoisotopic (exact) mass is 328 g/mol. The zero-order chi connectivity index (χ0) is 16.2. The number of rotatable bonds is 4. The van der Waals surface area contributed by atoms with Crippen molar-refractivity contribution in [2.24, 2.45) is 0 Å². The maximum atomic E-state index is 12.1. The number of aryl methyl sites for hydroxylation is 1. The maximum Gasteiger partial charge on any atom is 0.274 e. The Labute approximate surface area is 137 Å². The number of hydrogen-bond donors (Lipinski definition) is 2. The quantitative estimate of drug-likeness (QED) is 0.756. The van der Waals surface area contributed by atoms with Crippen molar-refractivity contribution in [3.8, 4) is 0 Å². The first-order chi connectivity index (χ1) is 11.1. The average Bonchev–Trinajstić information content (AvgIpc) is 2.93. The summed E-state index contributed by atoms with van der Waals surface area (Å²) in [4.78, 5) is 16.3. The summed E-state index contributed by atoms with van der Waals surface area (Å²) >= 11 is 5.89. The Morgan fingerprint density at radius 1 is 1.17 bits per heavy atom. The van der Waals surface area contributed by atoms with E-state index in [1.54, 1.807) is 55.6 Å². The highest BCUT2D eigenvalue weighted by Crippen LogP contribution is 2.17. The first-order valence-corrected chi connectivity index (χ1v) is 7.21. The Balaban J connectivity index is 1.67. The smallest absolute Gasteiger partial charge is 0.274 e. The van der Waals surface area contributed by atoms with Gasteiger partial charge >= 0.3 is 0 Å². The van der Waals surface area contributed by atoms with E-state index in [2.05, 4.69) is 20.8 Å². The molecule has 0 aliphatic rings. The molecule has 6 nitrogen and oxygen atoms in total. The van der Waals surface area contributed by atoms with Gasteiger partial charge < -0.3 is 15.2 Å². The van der Waals surface area contributed by atoms with Crippen LogP contribution in [0.5, 0.6) is 0 Å². The minimum Gasteiger partial charge on any atom is -0.360 e. The third kappa shape index (κ3) is 3.87. The molecule has 2 aromatic heterocycles. The summed E-state index contributed by atoms with van der Waals surface area (Å²) < 4.78 is 4.97. The van der Waals surface area contributed by atoms with Gasteiger partial charge in [-0.1, -0.05) is 22.8 Å². The highest BCUT2D eigenvalue weighted by atomic mass is 35.5. The van der Waals surface area contributed by atoms with Gasteiger partial charge in [-0.25, -0.2) is 4.98 Å². The largest absolute Gasteiger partial charge is 0.360 e. The first-order valence-electron chi connectivity index (χ1n) is 6.83. The number of nitrogens with one attached hydrogen (secondary N) is 2. The molecule has 0 bridgehead atoms. The molecule has 23 heavy (non-hydrogen) atoms. The molecule has 116 valence electrons. The standard InChI is InChI=1S/C16H13ClN4O2/c1-10-7-15(21-23-10)19-13-5-6-14(18-9-13)16(22)20-12-4-2-3-11(17)8-12/h2-9H,1H3,(H,19,21)(H,20,22). The van der Waals surface area contributed by atoms with Crippen molar-refractivity contribution in [2.45, 2.75) is 6.92 Å². The number of aromatic nitrogens is 2. The number of benzene rings is 1. The zero-order valence-corrected chi connectivity index (χ0v) is 13.0. The highest BCUT2D eigenvalue weighted by molar-refractivity contribution is 6.30. The normalized spacial score (nSPS) is 10.3. The molecular weight excluding hydrogens is 316 g/mol. The Bertz CT molecular complexity index is 830. The van der Waals surface area contributed by atoms with Gasteiger partial charge in [0.25, 0.3) is 5.91 Å². The number of carbonyl (C=O) groups excluding carboxylic acids is 1. The third-order valence-electron chi connectivity index (χ3n) is 2.98. The van der Waals surface area contributed by atoms with Crippen LogP contribution in [0.25, 0.3) is 0 Å². The van der Waals surface area contributed by atoms with Gasteiger partial charge in [-0.05, 0) is 37.3 Å². The van der Waals surface area contributed by atoms with Crippen molar-refractivity contribution in [3.05, 3.63) is 65.1 Å². The van der Waals surface area contributed by atoms with Crippen LogP contribution in [-0.2, 0) is 0 Å². The van der Waals surface area contributed by atoms with Crippen molar-refractivity contribution < 1.29 is 9.32 Å². The van der Waals surface area contributed by atoms with E-state index in [-0.39, 0.29) is 5.91 Å². The predicted molar refractivity (Wildman–Crippen MR) is 88.2 cm³/mol. The summed E-state index contributed by atoms with van der Waals surface area (Å²) in [5.41, 5.74) is 1.62. The molecule has 3 rings (SSSR count). The lowest BCUT2D eigenvalue weighted by atomic mass is 10.3. The van der Waals surface area contributed by atoms with Gasteiger partial charge in [0.2, 0.25) is 0 Å². The molecule has 0 atom stereocenters. The van der Waals surface area contributed by atoms with Gasteiger partial charge in [-0.2, -0.15) is 0 Å². The summed E-state index contributed by atoms with van der Waals surface area (Å²) in [5.74, 6) is 0.981. The molecule has 0 radical (unpaired) electrons. The van der Waals surface area contributed by atoms with E-state index in [9.17, 15) is 4.79 Å². The van der Waals surface area contributed by atoms with Crippen molar-refractivity contribution in [2.75, 3.05) is 10.6 Å². The molecule has 0 aliphatic carbocycles. The molecular formula is C16H13ClN4O2. The molecule has 0 spiro atoms. The number of nitrogens with zero attached hydrogens (tertiary/aromatic N) is 2. The van der Waals surface area contributed by atoms with Crippen LogP contribution < -0.4 is 10.6 Å². The van der Waals surface area contributed by atoms with E-state index >= 15 is 0 Å². The number of halogens is 1. The fraction of sp³-hybridized carbons (Fsp3) is 0.0625. The maximum absolute atomic E-state index is 12.1. The summed E-state index contributed by atoms with van der Waals surface area (Å²) in [5, 5.41) is 10.2. The Kier molecular flexibility index (Phi) is 4.25. The Morgan fingerprint density at radius 2 is 2.04 bits per heavy atom. The van der Waals surface area contributed by atoms with Gasteiger partial charge in [0.05, 0.1) is 11.9 Å². The van der Waals surface area contributed by atoms with Crippen LogP contribution in [0, 0.1) is 6.92 Å². The van der Waals surface area contributed by atoms with Crippen molar-refractivity contribution >= 4 is 34.7 Å². The Hall–Kier alpha value is -2.86. The van der Waals surface area contributed by atoms with Gasteiger partial charge in [0.15, 0.2) is 5.82 Å². The fourth-order valence-corrected chi connectivity index (χ4v) is 2.13. The van der Waals surface area contributed by atoms with Crippen LogP contribution in [0.15, 0.2) is 53.2 Å². The summed E-state index contributed by atoms with van der Waals surface area (Å²) in [7, 11) is 0. The molecule has 1 amide bonds. The summed E-state index contributed by atoms with van der Waals surface area (Å²) in [6.07, 6.45) is 1.55. The van der Waals surface area contributed by atoms with Gasteiger partial charge in [-0.3, -0.25) is 4.79 Å². The fourth-order valence-electron chi connectivity index (χ4n) is 1.94. The topological polar surface area (TPSA) is 80.0 Å². The molecule has 2 heterocycles. The molecule has 7 heteroatoms. The van der Waals surface area contributed by atoms with Crippen LogP contribution in [0.2, 0.25) is 5.02 Å². The van der Waals surface area contributed by atoms with Crippen LogP contribution in [0.3, 0.4) is 0 Å². The number of hydrogen-bond acceptors (Lipinski definition) is 5. The van der Waals surface area contributed by atoms with Crippen LogP contribution in [0.4, 0.5) is 17.2 Å². The van der Waals surface area contributed by atoms with Crippen LogP contribution in [-0.4, -0.2) is 16.0 Å². The minimum absolute atomic E-state index is 0.298. The Morgan fingerprint density at radius 3 is 2.70 bits per heavy atom. The molecule has 0 unspecified atom stereocenters. The van der Waals surface area contributed by atoms with E-state index in [1.807, 2.05) is 0 Å². The van der Waals surface area contributed by atoms with E-state index in [1.165, 1.54) is 0 Å². The minimum atomic E-state index is -0.309. The van der Waals surface area contributed by atoms with E-state index in [4.69, 9.17) is 16.1 Å².